The number of rotatable bonds is 2. The van der Waals surface area contributed by atoms with Crippen LogP contribution < -0.4 is 0 Å². The molecule has 0 atom stereocenters. The highest BCUT2D eigenvalue weighted by Gasteiger charge is 2.10. The molecule has 110 valence electrons. The summed E-state index contributed by atoms with van der Waals surface area (Å²) < 4.78 is 0. The summed E-state index contributed by atoms with van der Waals surface area (Å²) in [6.07, 6.45) is 3.50. The summed E-state index contributed by atoms with van der Waals surface area (Å²) in [5.41, 5.74) is 5.20. The van der Waals surface area contributed by atoms with Crippen molar-refractivity contribution in [3.05, 3.63) is 79.1 Å². The molecule has 0 saturated heterocycles. The van der Waals surface area contributed by atoms with E-state index in [1.165, 1.54) is 0 Å². The lowest BCUT2D eigenvalue weighted by Crippen LogP contribution is -1.89. The minimum absolute atomic E-state index is 0.0260. The molecule has 0 aliphatic carbocycles. The number of nitrogens with zero attached hydrogens (tertiary/aromatic N) is 2. The molecule has 0 amide bonds. The Morgan fingerprint density at radius 2 is 1.43 bits per heavy atom. The number of benzene rings is 2. The molecule has 2 aromatic heterocycles. The highest BCUT2D eigenvalue weighted by atomic mass is 16.3. The third-order valence-corrected chi connectivity index (χ3v) is 3.91. The fraction of sp³-hybridized carbons (Fsp3) is 0. The first-order valence-electron chi connectivity index (χ1n) is 7.41. The van der Waals surface area contributed by atoms with E-state index >= 15 is 0 Å². The Morgan fingerprint density at radius 3 is 2.26 bits per heavy atom. The van der Waals surface area contributed by atoms with Crippen molar-refractivity contribution in [3.8, 4) is 28.1 Å². The van der Waals surface area contributed by atoms with Crippen LogP contribution in [0.5, 0.6) is 5.88 Å². The van der Waals surface area contributed by atoms with Gasteiger partial charge in [0.05, 0.1) is 5.52 Å². The fourth-order valence-corrected chi connectivity index (χ4v) is 2.84. The molecule has 4 rings (SSSR count). The largest absolute Gasteiger partial charge is 0.493 e. The summed E-state index contributed by atoms with van der Waals surface area (Å²) in [6.45, 7) is 0. The van der Waals surface area contributed by atoms with Gasteiger partial charge in [0.2, 0.25) is 5.88 Å². The summed E-state index contributed by atoms with van der Waals surface area (Å²) in [7, 11) is 0. The Morgan fingerprint density at radius 1 is 0.652 bits per heavy atom. The Kier molecular flexibility index (Phi) is 3.24. The second-order valence-corrected chi connectivity index (χ2v) is 5.33. The van der Waals surface area contributed by atoms with Gasteiger partial charge in [0, 0.05) is 35.0 Å². The first-order chi connectivity index (χ1) is 11.3. The van der Waals surface area contributed by atoms with Crippen molar-refractivity contribution in [2.45, 2.75) is 0 Å². The second-order valence-electron chi connectivity index (χ2n) is 5.33. The lowest BCUT2D eigenvalue weighted by atomic mass is 9.94. The van der Waals surface area contributed by atoms with Crippen LogP contribution in [-0.4, -0.2) is 15.1 Å². The molecule has 3 heteroatoms. The van der Waals surface area contributed by atoms with E-state index in [2.05, 4.69) is 40.3 Å². The van der Waals surface area contributed by atoms with Gasteiger partial charge < -0.3 is 5.11 Å². The topological polar surface area (TPSA) is 46.0 Å². The molecule has 0 unspecified atom stereocenters. The summed E-state index contributed by atoms with van der Waals surface area (Å²) in [5, 5.41) is 10.5. The van der Waals surface area contributed by atoms with E-state index in [0.29, 0.717) is 0 Å². The van der Waals surface area contributed by atoms with Gasteiger partial charge in [-0.05, 0) is 23.3 Å². The number of hydrogen-bond acceptors (Lipinski definition) is 3. The van der Waals surface area contributed by atoms with E-state index in [1.54, 1.807) is 12.3 Å². The van der Waals surface area contributed by atoms with Gasteiger partial charge in [-0.1, -0.05) is 48.5 Å². The molecule has 2 aromatic carbocycles. The predicted octanol–water partition coefficient (Wildman–Crippen LogP) is 4.67. The van der Waals surface area contributed by atoms with E-state index < -0.39 is 0 Å². The maximum atomic E-state index is 9.41. The zero-order valence-electron chi connectivity index (χ0n) is 12.3. The lowest BCUT2D eigenvalue weighted by molar-refractivity contribution is 0.453. The van der Waals surface area contributed by atoms with Gasteiger partial charge >= 0.3 is 0 Å². The van der Waals surface area contributed by atoms with E-state index in [1.807, 2.05) is 36.5 Å². The van der Waals surface area contributed by atoms with Crippen LogP contribution in [0.1, 0.15) is 0 Å². The van der Waals surface area contributed by atoms with Gasteiger partial charge in [0.1, 0.15) is 0 Å². The monoisotopic (exact) mass is 298 g/mol. The molecular weight excluding hydrogens is 284 g/mol. The number of para-hydroxylation sites is 1. The summed E-state index contributed by atoms with van der Waals surface area (Å²) >= 11 is 0. The Bertz CT molecular complexity index is 973. The molecule has 0 radical (unpaired) electrons. The fourth-order valence-electron chi connectivity index (χ4n) is 2.84. The number of aromatic nitrogens is 2. The van der Waals surface area contributed by atoms with E-state index in [0.717, 1.165) is 33.2 Å². The Hall–Kier alpha value is -3.20. The van der Waals surface area contributed by atoms with Gasteiger partial charge in [0.15, 0.2) is 0 Å². The van der Waals surface area contributed by atoms with Crippen molar-refractivity contribution in [3.63, 3.8) is 0 Å². The number of fused-ring (bicyclic) bond motifs is 1. The number of aromatic hydroxyl groups is 1. The average molecular weight is 298 g/mol. The molecule has 0 aliphatic rings. The summed E-state index contributed by atoms with van der Waals surface area (Å²) in [6, 6.07) is 21.9. The van der Waals surface area contributed by atoms with E-state index in [9.17, 15) is 5.11 Å². The van der Waals surface area contributed by atoms with Crippen molar-refractivity contribution < 1.29 is 5.11 Å². The minimum Gasteiger partial charge on any atom is -0.493 e. The summed E-state index contributed by atoms with van der Waals surface area (Å²) in [4.78, 5) is 8.54. The molecule has 0 fully saturated rings. The van der Waals surface area contributed by atoms with Crippen LogP contribution in [0.25, 0.3) is 33.2 Å². The van der Waals surface area contributed by atoms with Crippen LogP contribution in [0.15, 0.2) is 79.1 Å². The Labute approximate surface area is 133 Å². The molecule has 4 aromatic rings. The van der Waals surface area contributed by atoms with Gasteiger partial charge in [-0.3, -0.25) is 4.98 Å². The molecule has 23 heavy (non-hydrogen) atoms. The van der Waals surface area contributed by atoms with Crippen molar-refractivity contribution in [2.24, 2.45) is 0 Å². The number of hydrogen-bond donors (Lipinski definition) is 1. The average Bonchev–Trinajstić information content (AvgIpc) is 2.62. The van der Waals surface area contributed by atoms with Crippen LogP contribution >= 0.6 is 0 Å². The summed E-state index contributed by atoms with van der Waals surface area (Å²) in [5.74, 6) is 0.0260. The van der Waals surface area contributed by atoms with Crippen LogP contribution in [0.3, 0.4) is 0 Å². The first kappa shape index (κ1) is 13.5. The van der Waals surface area contributed by atoms with Gasteiger partial charge in [-0.15, -0.1) is 0 Å². The van der Waals surface area contributed by atoms with Crippen molar-refractivity contribution in [2.75, 3.05) is 0 Å². The lowest BCUT2D eigenvalue weighted by Gasteiger charge is -2.11. The predicted molar refractivity (Wildman–Crippen MR) is 92.1 cm³/mol. The smallest absolute Gasteiger partial charge is 0.210 e. The van der Waals surface area contributed by atoms with Crippen molar-refractivity contribution in [1.82, 2.24) is 9.97 Å². The van der Waals surface area contributed by atoms with Gasteiger partial charge in [-0.25, -0.2) is 4.98 Å². The van der Waals surface area contributed by atoms with E-state index in [-0.39, 0.29) is 5.88 Å². The van der Waals surface area contributed by atoms with E-state index in [4.69, 9.17) is 0 Å². The van der Waals surface area contributed by atoms with Crippen LogP contribution in [0.4, 0.5) is 0 Å². The maximum Gasteiger partial charge on any atom is 0.210 e. The van der Waals surface area contributed by atoms with Crippen molar-refractivity contribution >= 4 is 10.9 Å². The quantitative estimate of drug-likeness (QED) is 0.585. The third kappa shape index (κ3) is 2.42. The Balaban J connectivity index is 1.97. The standard InChI is InChI=1S/C20H14N2O/c23-19-11-10-15(13-22-19)16-7-1-2-8-17(16)18-9-3-5-14-6-4-12-21-20(14)18/h1-13H,(H,22,23). The minimum atomic E-state index is 0.0260. The van der Waals surface area contributed by atoms with Crippen LogP contribution in [0.2, 0.25) is 0 Å². The molecule has 3 nitrogen and oxygen atoms in total. The first-order valence-corrected chi connectivity index (χ1v) is 7.41. The van der Waals surface area contributed by atoms with Gasteiger partial charge in [-0.2, -0.15) is 0 Å². The van der Waals surface area contributed by atoms with Crippen molar-refractivity contribution in [1.29, 1.82) is 0 Å². The molecular formula is C20H14N2O. The van der Waals surface area contributed by atoms with Crippen LogP contribution in [0, 0.1) is 0 Å². The zero-order valence-corrected chi connectivity index (χ0v) is 12.3. The molecule has 0 saturated carbocycles. The number of pyridine rings is 2. The molecule has 2 heterocycles. The second kappa shape index (κ2) is 5.54. The molecule has 0 spiro atoms. The zero-order chi connectivity index (χ0) is 15.6. The third-order valence-electron chi connectivity index (χ3n) is 3.91. The molecule has 0 aliphatic heterocycles. The molecule has 0 bridgehead atoms. The normalized spacial score (nSPS) is 10.8. The van der Waals surface area contributed by atoms with Crippen LogP contribution in [-0.2, 0) is 0 Å². The molecule has 1 N–H and O–H groups in total. The highest BCUT2D eigenvalue weighted by Crippen LogP contribution is 2.35. The SMILES string of the molecule is Oc1ccc(-c2ccccc2-c2cccc3cccnc23)cn1. The maximum absolute atomic E-state index is 9.41. The highest BCUT2D eigenvalue weighted by molar-refractivity contribution is 5.97. The van der Waals surface area contributed by atoms with Gasteiger partial charge in [0.25, 0.3) is 0 Å².